The van der Waals surface area contributed by atoms with Crippen molar-refractivity contribution < 1.29 is 29.3 Å². The second-order valence-corrected chi connectivity index (χ2v) is 9.71. The van der Waals surface area contributed by atoms with E-state index < -0.39 is 17.7 Å². The second kappa shape index (κ2) is 12.0. The number of aliphatic hydroxyl groups excluding tert-OH is 1. The van der Waals surface area contributed by atoms with E-state index in [2.05, 4.69) is 0 Å². The number of Topliss-reactive ketones (excluding diaryl/α,β-unsaturated/α-hetero) is 1. The number of ether oxygens (including phenoxy) is 2. The molecule has 0 spiro atoms. The van der Waals surface area contributed by atoms with Gasteiger partial charge in [-0.15, -0.1) is 0 Å². The minimum Gasteiger partial charge on any atom is -0.507 e. The van der Waals surface area contributed by atoms with Crippen molar-refractivity contribution in [2.45, 2.75) is 26.5 Å². The molecule has 0 saturated carbocycles. The zero-order valence-electron chi connectivity index (χ0n) is 22.7. The molecule has 1 atom stereocenters. The van der Waals surface area contributed by atoms with Crippen LogP contribution in [-0.2, 0) is 16.2 Å². The predicted octanol–water partition coefficient (Wildman–Crippen LogP) is 4.66. The van der Waals surface area contributed by atoms with Crippen LogP contribution >= 0.6 is 0 Å². The number of ketones is 1. The highest BCUT2D eigenvalue weighted by Gasteiger charge is 2.46. The van der Waals surface area contributed by atoms with Crippen LogP contribution in [0, 0.1) is 6.92 Å². The van der Waals surface area contributed by atoms with Crippen LogP contribution in [-0.4, -0.2) is 65.5 Å². The summed E-state index contributed by atoms with van der Waals surface area (Å²) in [5.74, 6) is -0.873. The number of hydrogen-bond donors (Lipinski definition) is 2. The second-order valence-electron chi connectivity index (χ2n) is 9.71. The molecule has 0 aliphatic carbocycles. The Morgan fingerprint density at radius 3 is 2.38 bits per heavy atom. The molecule has 3 aromatic carbocycles. The normalized spacial score (nSPS) is 16.6. The van der Waals surface area contributed by atoms with E-state index in [1.54, 1.807) is 37.3 Å². The van der Waals surface area contributed by atoms with Crippen LogP contribution in [0.2, 0.25) is 0 Å². The molecule has 1 amide bonds. The van der Waals surface area contributed by atoms with Crippen LogP contribution in [0.5, 0.6) is 17.2 Å². The highest BCUT2D eigenvalue weighted by Crippen LogP contribution is 2.42. The summed E-state index contributed by atoms with van der Waals surface area (Å²) in [4.78, 5) is 29.9. The fraction of sp³-hybridized carbons (Fsp3) is 0.290. The third-order valence-electron chi connectivity index (χ3n) is 6.61. The van der Waals surface area contributed by atoms with E-state index in [9.17, 15) is 19.8 Å². The van der Waals surface area contributed by atoms with Crippen molar-refractivity contribution in [2.24, 2.45) is 0 Å². The summed E-state index contributed by atoms with van der Waals surface area (Å²) in [5.41, 5.74) is 2.75. The number of aromatic hydroxyl groups is 1. The summed E-state index contributed by atoms with van der Waals surface area (Å²) < 4.78 is 11.5. The van der Waals surface area contributed by atoms with Gasteiger partial charge >= 0.3 is 0 Å². The molecule has 4 rings (SSSR count). The number of carbonyl (C=O) groups is 2. The number of carbonyl (C=O) groups excluding carboxylic acids is 2. The van der Waals surface area contributed by atoms with Crippen LogP contribution in [0.1, 0.15) is 35.2 Å². The third-order valence-corrected chi connectivity index (χ3v) is 6.61. The van der Waals surface area contributed by atoms with E-state index in [4.69, 9.17) is 9.47 Å². The van der Waals surface area contributed by atoms with Crippen LogP contribution in [0.3, 0.4) is 0 Å². The van der Waals surface area contributed by atoms with Gasteiger partial charge in [-0.25, -0.2) is 0 Å². The predicted molar refractivity (Wildman–Crippen MR) is 149 cm³/mol. The molecule has 1 heterocycles. The molecular weight excluding hydrogens is 496 g/mol. The molecule has 0 bridgehead atoms. The van der Waals surface area contributed by atoms with Crippen molar-refractivity contribution in [3.05, 3.63) is 94.6 Å². The van der Waals surface area contributed by atoms with Gasteiger partial charge in [0.1, 0.15) is 18.1 Å². The molecule has 3 aromatic rings. The van der Waals surface area contributed by atoms with Crippen molar-refractivity contribution >= 4 is 17.4 Å². The van der Waals surface area contributed by atoms with Crippen LogP contribution in [0.25, 0.3) is 5.76 Å². The van der Waals surface area contributed by atoms with Crippen molar-refractivity contribution in [3.8, 4) is 17.2 Å². The Balaban J connectivity index is 1.73. The topological polar surface area (TPSA) is 99.5 Å². The number of phenols is 1. The van der Waals surface area contributed by atoms with Gasteiger partial charge in [0.25, 0.3) is 11.7 Å². The molecule has 204 valence electrons. The Hall–Kier alpha value is -4.30. The summed E-state index contributed by atoms with van der Waals surface area (Å²) in [6, 6.07) is 18.8. The number of likely N-dealkylation sites (tertiary alicyclic amines) is 1. The van der Waals surface area contributed by atoms with Gasteiger partial charge in [-0.2, -0.15) is 0 Å². The van der Waals surface area contributed by atoms with E-state index >= 15 is 0 Å². The number of rotatable bonds is 10. The average Bonchev–Trinajstić information content (AvgIpc) is 3.17. The van der Waals surface area contributed by atoms with E-state index in [1.807, 2.05) is 56.3 Å². The third kappa shape index (κ3) is 6.07. The smallest absolute Gasteiger partial charge is 0.295 e. The van der Waals surface area contributed by atoms with E-state index in [1.165, 1.54) is 11.0 Å². The SMILES string of the molecule is CCOc1cc(C2C(=C(O)c3ccc(OCc4ccccc4)c(C)c3)C(=O)C(=O)N2CCN(C)C)ccc1O. The van der Waals surface area contributed by atoms with Crippen molar-refractivity contribution in [1.82, 2.24) is 9.80 Å². The van der Waals surface area contributed by atoms with Gasteiger partial charge in [0.15, 0.2) is 11.5 Å². The minimum absolute atomic E-state index is 0.00996. The highest BCUT2D eigenvalue weighted by atomic mass is 16.5. The molecular formula is C31H34N2O6. The van der Waals surface area contributed by atoms with Gasteiger partial charge in [0, 0.05) is 18.7 Å². The molecule has 1 aliphatic heterocycles. The molecule has 2 N–H and O–H groups in total. The van der Waals surface area contributed by atoms with Crippen LogP contribution < -0.4 is 9.47 Å². The van der Waals surface area contributed by atoms with E-state index in [0.29, 0.717) is 36.6 Å². The Morgan fingerprint density at radius 2 is 1.72 bits per heavy atom. The molecule has 1 unspecified atom stereocenters. The molecule has 1 aliphatic rings. The maximum absolute atomic E-state index is 13.3. The first-order chi connectivity index (χ1) is 18.7. The lowest BCUT2D eigenvalue weighted by atomic mass is 9.94. The molecule has 0 radical (unpaired) electrons. The van der Waals surface area contributed by atoms with E-state index in [-0.39, 0.29) is 29.4 Å². The number of aliphatic hydroxyl groups is 1. The standard InChI is InChI=1S/C31H34N2O6/c1-5-38-26-18-22(11-13-24(26)34)28-27(30(36)31(37)33(28)16-15-32(3)4)29(35)23-12-14-25(20(2)17-23)39-19-21-9-7-6-8-10-21/h6-14,17-18,28,34-35H,5,15-16,19H2,1-4H3. The number of likely N-dealkylation sites (N-methyl/N-ethyl adjacent to an activating group) is 1. The number of phenolic OH excluding ortho intramolecular Hbond substituents is 1. The van der Waals surface area contributed by atoms with Gasteiger partial charge in [-0.05, 0) is 75.0 Å². The van der Waals surface area contributed by atoms with Crippen molar-refractivity contribution in [1.29, 1.82) is 0 Å². The fourth-order valence-corrected chi connectivity index (χ4v) is 4.59. The molecule has 0 aromatic heterocycles. The van der Waals surface area contributed by atoms with Gasteiger partial charge in [-0.1, -0.05) is 36.4 Å². The summed E-state index contributed by atoms with van der Waals surface area (Å²) in [6.45, 7) is 5.17. The van der Waals surface area contributed by atoms with Gasteiger partial charge < -0.3 is 29.5 Å². The lowest BCUT2D eigenvalue weighted by Crippen LogP contribution is -2.35. The minimum atomic E-state index is -0.848. The zero-order valence-corrected chi connectivity index (χ0v) is 22.7. The zero-order chi connectivity index (χ0) is 28.1. The number of aryl methyl sites for hydroxylation is 1. The number of nitrogens with zero attached hydrogens (tertiary/aromatic N) is 2. The first-order valence-corrected chi connectivity index (χ1v) is 12.9. The Kier molecular flexibility index (Phi) is 8.56. The molecule has 1 fully saturated rings. The van der Waals surface area contributed by atoms with Crippen molar-refractivity contribution in [3.63, 3.8) is 0 Å². The first-order valence-electron chi connectivity index (χ1n) is 12.9. The Morgan fingerprint density at radius 1 is 0.974 bits per heavy atom. The van der Waals surface area contributed by atoms with Gasteiger partial charge in [0.05, 0.1) is 18.2 Å². The van der Waals surface area contributed by atoms with Crippen molar-refractivity contribution in [2.75, 3.05) is 33.8 Å². The van der Waals surface area contributed by atoms with Crippen LogP contribution in [0.4, 0.5) is 0 Å². The summed E-state index contributed by atoms with van der Waals surface area (Å²) in [6.07, 6.45) is 0. The van der Waals surface area contributed by atoms with E-state index in [0.717, 1.165) is 11.1 Å². The Bertz CT molecular complexity index is 1380. The lowest BCUT2D eigenvalue weighted by Gasteiger charge is -2.27. The Labute approximate surface area is 228 Å². The first kappa shape index (κ1) is 27.7. The lowest BCUT2D eigenvalue weighted by molar-refractivity contribution is -0.140. The quantitative estimate of drug-likeness (QED) is 0.223. The largest absolute Gasteiger partial charge is 0.507 e. The maximum atomic E-state index is 13.3. The maximum Gasteiger partial charge on any atom is 0.295 e. The molecule has 8 nitrogen and oxygen atoms in total. The van der Waals surface area contributed by atoms with Crippen LogP contribution in [0.15, 0.2) is 72.3 Å². The summed E-state index contributed by atoms with van der Waals surface area (Å²) >= 11 is 0. The number of hydrogen-bond acceptors (Lipinski definition) is 7. The number of amides is 1. The molecule has 1 saturated heterocycles. The fourth-order valence-electron chi connectivity index (χ4n) is 4.59. The number of benzene rings is 3. The summed E-state index contributed by atoms with van der Waals surface area (Å²) in [5, 5.41) is 21.7. The monoisotopic (exact) mass is 530 g/mol. The highest BCUT2D eigenvalue weighted by molar-refractivity contribution is 6.46. The molecule has 8 heteroatoms. The van der Waals surface area contributed by atoms with Gasteiger partial charge in [0.2, 0.25) is 0 Å². The van der Waals surface area contributed by atoms with Gasteiger partial charge in [-0.3, -0.25) is 9.59 Å². The average molecular weight is 531 g/mol. The summed E-state index contributed by atoms with van der Waals surface area (Å²) in [7, 11) is 3.76. The molecule has 39 heavy (non-hydrogen) atoms.